The molecule has 1 atom stereocenters. The fourth-order valence-corrected chi connectivity index (χ4v) is 3.30. The Balaban J connectivity index is 1.73. The number of carbonyl (C=O) groups excluding carboxylic acids is 1. The Morgan fingerprint density at radius 2 is 1.93 bits per heavy atom. The van der Waals surface area contributed by atoms with Gasteiger partial charge in [0.1, 0.15) is 11.6 Å². The van der Waals surface area contributed by atoms with E-state index in [9.17, 15) is 13.6 Å². The van der Waals surface area contributed by atoms with Gasteiger partial charge >= 0.3 is 0 Å². The monoisotopic (exact) mass is 408 g/mol. The molecule has 2 aromatic carbocycles. The standard InChI is InChI=1S/C18H15ClF2N4OS/c1-10(17(26)22-15-8-7-11(19)9-14(15)21)27-18-24-23-16(25(18)2)12-5-3-4-6-13(12)20/h3-10H,1-2H3,(H,22,26)/t10-/m1/s1. The van der Waals surface area contributed by atoms with E-state index in [-0.39, 0.29) is 10.7 Å². The molecule has 1 N–H and O–H groups in total. The molecule has 9 heteroatoms. The van der Waals surface area contributed by atoms with Crippen molar-refractivity contribution >= 4 is 35.0 Å². The van der Waals surface area contributed by atoms with Crippen molar-refractivity contribution in [1.29, 1.82) is 0 Å². The van der Waals surface area contributed by atoms with E-state index in [0.29, 0.717) is 16.5 Å². The number of amides is 1. The van der Waals surface area contributed by atoms with Crippen molar-refractivity contribution in [2.75, 3.05) is 5.32 Å². The topological polar surface area (TPSA) is 59.8 Å². The third-order valence-electron chi connectivity index (χ3n) is 3.79. The highest BCUT2D eigenvalue weighted by atomic mass is 35.5. The van der Waals surface area contributed by atoms with Gasteiger partial charge in [0.2, 0.25) is 5.91 Å². The molecule has 0 aliphatic carbocycles. The first-order chi connectivity index (χ1) is 12.9. The summed E-state index contributed by atoms with van der Waals surface area (Å²) < 4.78 is 29.4. The molecule has 0 aliphatic rings. The number of hydrogen-bond donors (Lipinski definition) is 1. The summed E-state index contributed by atoms with van der Waals surface area (Å²) in [4.78, 5) is 12.3. The molecule has 0 bridgehead atoms. The van der Waals surface area contributed by atoms with Crippen LogP contribution in [0.5, 0.6) is 0 Å². The SMILES string of the molecule is C[C@@H](Sc1nnc(-c2ccccc2F)n1C)C(=O)Nc1ccc(Cl)cc1F. The van der Waals surface area contributed by atoms with E-state index in [0.717, 1.165) is 17.8 Å². The molecule has 1 heterocycles. The van der Waals surface area contributed by atoms with Gasteiger partial charge in [-0.1, -0.05) is 35.5 Å². The third-order valence-corrected chi connectivity index (χ3v) is 5.16. The number of nitrogens with one attached hydrogen (secondary N) is 1. The molecule has 27 heavy (non-hydrogen) atoms. The van der Waals surface area contributed by atoms with E-state index in [1.165, 1.54) is 18.2 Å². The van der Waals surface area contributed by atoms with Crippen LogP contribution in [-0.4, -0.2) is 25.9 Å². The number of rotatable bonds is 5. The number of hydrogen-bond acceptors (Lipinski definition) is 4. The lowest BCUT2D eigenvalue weighted by atomic mass is 10.2. The zero-order chi connectivity index (χ0) is 19.6. The molecule has 0 spiro atoms. The molecule has 3 rings (SSSR count). The van der Waals surface area contributed by atoms with Gasteiger partial charge in [-0.15, -0.1) is 10.2 Å². The predicted octanol–water partition coefficient (Wildman–Crippen LogP) is 4.53. The lowest BCUT2D eigenvalue weighted by Crippen LogP contribution is -2.23. The molecule has 0 saturated carbocycles. The molecular formula is C18H15ClF2N4OS. The van der Waals surface area contributed by atoms with Crippen LogP contribution in [0.2, 0.25) is 5.02 Å². The summed E-state index contributed by atoms with van der Waals surface area (Å²) in [5.41, 5.74) is 0.363. The van der Waals surface area contributed by atoms with Crippen LogP contribution in [0.4, 0.5) is 14.5 Å². The van der Waals surface area contributed by atoms with Gasteiger partial charge in [0.05, 0.1) is 16.5 Å². The van der Waals surface area contributed by atoms with Crippen molar-refractivity contribution in [3.05, 3.63) is 59.1 Å². The quantitative estimate of drug-likeness (QED) is 0.630. The van der Waals surface area contributed by atoms with E-state index < -0.39 is 22.8 Å². The van der Waals surface area contributed by atoms with Crippen LogP contribution in [0, 0.1) is 11.6 Å². The van der Waals surface area contributed by atoms with Crippen LogP contribution in [0.3, 0.4) is 0 Å². The molecule has 1 aromatic heterocycles. The minimum Gasteiger partial charge on any atom is -0.323 e. The summed E-state index contributed by atoms with van der Waals surface area (Å²) in [6.07, 6.45) is 0. The lowest BCUT2D eigenvalue weighted by Gasteiger charge is -2.12. The molecule has 0 aliphatic heterocycles. The summed E-state index contributed by atoms with van der Waals surface area (Å²) in [5, 5.41) is 10.7. The Labute approximate surface area is 163 Å². The van der Waals surface area contributed by atoms with E-state index >= 15 is 0 Å². The smallest absolute Gasteiger partial charge is 0.237 e. The largest absolute Gasteiger partial charge is 0.323 e. The van der Waals surface area contributed by atoms with Gasteiger partial charge in [0.25, 0.3) is 0 Å². The molecule has 5 nitrogen and oxygen atoms in total. The van der Waals surface area contributed by atoms with Crippen LogP contribution >= 0.6 is 23.4 Å². The van der Waals surface area contributed by atoms with Crippen molar-refractivity contribution in [2.45, 2.75) is 17.3 Å². The van der Waals surface area contributed by atoms with Crippen molar-refractivity contribution < 1.29 is 13.6 Å². The number of aromatic nitrogens is 3. The lowest BCUT2D eigenvalue weighted by molar-refractivity contribution is -0.115. The van der Waals surface area contributed by atoms with Crippen LogP contribution in [0.15, 0.2) is 47.6 Å². The van der Waals surface area contributed by atoms with Gasteiger partial charge in [0.15, 0.2) is 11.0 Å². The maximum absolute atomic E-state index is 14.0. The number of nitrogens with zero attached hydrogens (tertiary/aromatic N) is 3. The van der Waals surface area contributed by atoms with Crippen LogP contribution < -0.4 is 5.32 Å². The van der Waals surface area contributed by atoms with Gasteiger partial charge in [-0.05, 0) is 37.3 Å². The summed E-state index contributed by atoms with van der Waals surface area (Å²) >= 11 is 6.84. The van der Waals surface area contributed by atoms with Gasteiger partial charge in [-0.3, -0.25) is 4.79 Å². The first-order valence-electron chi connectivity index (χ1n) is 7.93. The Morgan fingerprint density at radius 3 is 2.63 bits per heavy atom. The zero-order valence-electron chi connectivity index (χ0n) is 14.4. The van der Waals surface area contributed by atoms with Crippen molar-refractivity contribution in [3.8, 4) is 11.4 Å². The third kappa shape index (κ3) is 4.28. The van der Waals surface area contributed by atoms with E-state index in [1.807, 2.05) is 0 Å². The second kappa shape index (κ2) is 8.06. The maximum Gasteiger partial charge on any atom is 0.237 e. The highest BCUT2D eigenvalue weighted by Gasteiger charge is 2.21. The Kier molecular flexibility index (Phi) is 5.76. The van der Waals surface area contributed by atoms with E-state index in [4.69, 9.17) is 11.6 Å². The Morgan fingerprint density at radius 1 is 1.19 bits per heavy atom. The summed E-state index contributed by atoms with van der Waals surface area (Å²) in [6, 6.07) is 10.2. The van der Waals surface area contributed by atoms with Crippen molar-refractivity contribution in [2.24, 2.45) is 7.05 Å². The second-order valence-corrected chi connectivity index (χ2v) is 7.46. The molecule has 3 aromatic rings. The predicted molar refractivity (Wildman–Crippen MR) is 102 cm³/mol. The zero-order valence-corrected chi connectivity index (χ0v) is 16.0. The Bertz CT molecular complexity index is 995. The number of thioether (sulfide) groups is 1. The number of benzene rings is 2. The summed E-state index contributed by atoms with van der Waals surface area (Å²) in [5.74, 6) is -1.08. The van der Waals surface area contributed by atoms with Crippen LogP contribution in [0.25, 0.3) is 11.4 Å². The van der Waals surface area contributed by atoms with Gasteiger partial charge < -0.3 is 9.88 Å². The highest BCUT2D eigenvalue weighted by molar-refractivity contribution is 8.00. The van der Waals surface area contributed by atoms with Gasteiger partial charge in [-0.25, -0.2) is 8.78 Å². The molecule has 0 fully saturated rings. The minimum absolute atomic E-state index is 0.0434. The molecular weight excluding hydrogens is 394 g/mol. The molecule has 1 amide bonds. The number of anilines is 1. The average molecular weight is 409 g/mol. The Hall–Kier alpha value is -2.45. The first kappa shape index (κ1) is 19.3. The van der Waals surface area contributed by atoms with Gasteiger partial charge in [0, 0.05) is 12.1 Å². The van der Waals surface area contributed by atoms with Gasteiger partial charge in [-0.2, -0.15) is 0 Å². The highest BCUT2D eigenvalue weighted by Crippen LogP contribution is 2.28. The fraction of sp³-hybridized carbons (Fsp3) is 0.167. The van der Waals surface area contributed by atoms with Crippen molar-refractivity contribution in [1.82, 2.24) is 14.8 Å². The number of carbonyl (C=O) groups is 1. The first-order valence-corrected chi connectivity index (χ1v) is 9.19. The molecule has 140 valence electrons. The molecule has 0 unspecified atom stereocenters. The van der Waals surface area contributed by atoms with Crippen LogP contribution in [-0.2, 0) is 11.8 Å². The maximum atomic E-state index is 14.0. The normalized spacial score (nSPS) is 12.0. The summed E-state index contributed by atoms with van der Waals surface area (Å²) in [6.45, 7) is 1.66. The van der Waals surface area contributed by atoms with Crippen molar-refractivity contribution in [3.63, 3.8) is 0 Å². The molecule has 0 radical (unpaired) electrons. The summed E-state index contributed by atoms with van der Waals surface area (Å²) in [7, 11) is 1.69. The fourth-order valence-electron chi connectivity index (χ4n) is 2.33. The average Bonchev–Trinajstić information content (AvgIpc) is 2.98. The number of halogens is 3. The minimum atomic E-state index is -0.617. The molecule has 0 saturated heterocycles. The van der Waals surface area contributed by atoms with E-state index in [2.05, 4.69) is 15.5 Å². The van der Waals surface area contributed by atoms with Crippen LogP contribution in [0.1, 0.15) is 6.92 Å². The van der Waals surface area contributed by atoms with E-state index in [1.54, 1.807) is 36.7 Å². The second-order valence-electron chi connectivity index (χ2n) is 5.72.